The first kappa shape index (κ1) is 21.5. The highest BCUT2D eigenvalue weighted by molar-refractivity contribution is 5.94. The third-order valence-electron chi connectivity index (χ3n) is 5.52. The van der Waals surface area contributed by atoms with E-state index in [1.165, 1.54) is 23.1 Å². The molecular weight excluding hydrogens is 392 g/mol. The summed E-state index contributed by atoms with van der Waals surface area (Å²) in [6, 6.07) is 5.50. The van der Waals surface area contributed by atoms with Gasteiger partial charge >= 0.3 is 6.18 Å². The van der Waals surface area contributed by atoms with Crippen LogP contribution >= 0.6 is 0 Å². The maximum atomic E-state index is 13.4. The molecule has 1 spiro atoms. The standard InChI is InChI=1S/C20H24F4N2O3/c21-16-4-1-3-15(13-16)18(28)26-9-6-19(7-10-26)14-17(27)25(11-12-29-19)8-2-5-20(22,23)24/h1,3-4,13H,2,5-12,14H2. The molecule has 2 aliphatic heterocycles. The Labute approximate surface area is 166 Å². The summed E-state index contributed by atoms with van der Waals surface area (Å²) in [6.45, 7) is 1.33. The molecule has 1 aromatic rings. The van der Waals surface area contributed by atoms with E-state index in [-0.39, 0.29) is 49.9 Å². The highest BCUT2D eigenvalue weighted by Gasteiger charge is 2.41. The molecule has 2 fully saturated rings. The summed E-state index contributed by atoms with van der Waals surface area (Å²) in [7, 11) is 0. The van der Waals surface area contributed by atoms with Crippen LogP contribution in [0.4, 0.5) is 17.6 Å². The third-order valence-corrected chi connectivity index (χ3v) is 5.52. The van der Waals surface area contributed by atoms with Crippen LogP contribution < -0.4 is 0 Å². The van der Waals surface area contributed by atoms with Gasteiger partial charge in [0.25, 0.3) is 5.91 Å². The summed E-state index contributed by atoms with van der Waals surface area (Å²) in [5, 5.41) is 0. The van der Waals surface area contributed by atoms with Gasteiger partial charge in [0.05, 0.1) is 18.6 Å². The van der Waals surface area contributed by atoms with E-state index < -0.39 is 24.0 Å². The second kappa shape index (κ2) is 8.69. The second-order valence-electron chi connectivity index (χ2n) is 7.61. The molecule has 0 aliphatic carbocycles. The number of rotatable bonds is 4. The number of ether oxygens (including phenoxy) is 1. The summed E-state index contributed by atoms with van der Waals surface area (Å²) >= 11 is 0. The third kappa shape index (κ3) is 5.68. The van der Waals surface area contributed by atoms with Gasteiger partial charge in [-0.25, -0.2) is 4.39 Å². The van der Waals surface area contributed by atoms with Crippen molar-refractivity contribution in [1.82, 2.24) is 9.80 Å². The average Bonchev–Trinajstić information content (AvgIpc) is 2.80. The maximum absolute atomic E-state index is 13.4. The zero-order valence-corrected chi connectivity index (χ0v) is 16.0. The molecule has 0 unspecified atom stereocenters. The summed E-state index contributed by atoms with van der Waals surface area (Å²) in [6.07, 6.45) is -4.26. The molecule has 29 heavy (non-hydrogen) atoms. The Morgan fingerprint density at radius 2 is 1.90 bits per heavy atom. The molecule has 0 bridgehead atoms. The van der Waals surface area contributed by atoms with Gasteiger partial charge in [-0.2, -0.15) is 13.2 Å². The van der Waals surface area contributed by atoms with Gasteiger partial charge in [-0.05, 0) is 37.5 Å². The number of benzene rings is 1. The fourth-order valence-corrected chi connectivity index (χ4v) is 3.88. The van der Waals surface area contributed by atoms with Gasteiger partial charge in [-0.15, -0.1) is 0 Å². The van der Waals surface area contributed by atoms with E-state index >= 15 is 0 Å². The van der Waals surface area contributed by atoms with Crippen molar-refractivity contribution in [2.45, 2.75) is 43.9 Å². The van der Waals surface area contributed by atoms with Crippen LogP contribution in [0.1, 0.15) is 42.5 Å². The van der Waals surface area contributed by atoms with Crippen LogP contribution in [0.25, 0.3) is 0 Å². The van der Waals surface area contributed by atoms with Gasteiger partial charge in [0.2, 0.25) is 5.91 Å². The van der Waals surface area contributed by atoms with Crippen LogP contribution in [-0.2, 0) is 9.53 Å². The van der Waals surface area contributed by atoms with Gasteiger partial charge in [-0.1, -0.05) is 6.07 Å². The van der Waals surface area contributed by atoms with Crippen LogP contribution in [0.2, 0.25) is 0 Å². The predicted octanol–water partition coefficient (Wildman–Crippen LogP) is 3.39. The van der Waals surface area contributed by atoms with Crippen molar-refractivity contribution in [3.63, 3.8) is 0 Å². The van der Waals surface area contributed by atoms with Crippen LogP contribution in [0.15, 0.2) is 24.3 Å². The van der Waals surface area contributed by atoms with Crippen LogP contribution in [0.5, 0.6) is 0 Å². The topological polar surface area (TPSA) is 49.9 Å². The SMILES string of the molecule is O=C1CC2(CCN(C(=O)c3cccc(F)c3)CC2)OCCN1CCCC(F)(F)F. The zero-order chi connectivity index (χ0) is 21.1. The molecule has 5 nitrogen and oxygen atoms in total. The van der Waals surface area contributed by atoms with Gasteiger partial charge in [0, 0.05) is 38.2 Å². The fourth-order valence-electron chi connectivity index (χ4n) is 3.88. The largest absolute Gasteiger partial charge is 0.389 e. The van der Waals surface area contributed by atoms with Gasteiger partial charge in [-0.3, -0.25) is 9.59 Å². The molecule has 1 aromatic carbocycles. The molecule has 9 heteroatoms. The number of alkyl halides is 3. The molecule has 2 amide bonds. The molecule has 2 aliphatic rings. The minimum atomic E-state index is -4.23. The number of nitrogens with zero attached hydrogens (tertiary/aromatic N) is 2. The monoisotopic (exact) mass is 416 g/mol. The number of piperidine rings is 1. The number of halogens is 4. The number of hydrogen-bond acceptors (Lipinski definition) is 3. The van der Waals surface area contributed by atoms with Crippen molar-refractivity contribution in [3.8, 4) is 0 Å². The summed E-state index contributed by atoms with van der Waals surface area (Å²) in [5.41, 5.74) is -0.427. The molecule has 0 saturated carbocycles. The lowest BCUT2D eigenvalue weighted by Crippen LogP contribution is -2.49. The van der Waals surface area contributed by atoms with Gasteiger partial charge in [0.1, 0.15) is 5.82 Å². The fraction of sp³-hybridized carbons (Fsp3) is 0.600. The first-order chi connectivity index (χ1) is 13.7. The normalized spacial score (nSPS) is 20.1. The summed E-state index contributed by atoms with van der Waals surface area (Å²) in [4.78, 5) is 28.2. The second-order valence-corrected chi connectivity index (χ2v) is 7.61. The minimum Gasteiger partial charge on any atom is -0.372 e. The van der Waals surface area contributed by atoms with Gasteiger partial charge in [0.15, 0.2) is 0 Å². The Bertz CT molecular complexity index is 745. The summed E-state index contributed by atoms with van der Waals surface area (Å²) in [5.74, 6) is -0.963. The van der Waals surface area contributed by atoms with Crippen molar-refractivity contribution in [1.29, 1.82) is 0 Å². The van der Waals surface area contributed by atoms with E-state index in [9.17, 15) is 27.2 Å². The van der Waals surface area contributed by atoms with Crippen LogP contribution in [0, 0.1) is 5.82 Å². The van der Waals surface area contributed by atoms with E-state index in [0.717, 1.165) is 0 Å². The molecular formula is C20H24F4N2O3. The number of amides is 2. The van der Waals surface area contributed by atoms with E-state index in [1.807, 2.05) is 0 Å². The molecule has 2 heterocycles. The predicted molar refractivity (Wildman–Crippen MR) is 96.7 cm³/mol. The van der Waals surface area contributed by atoms with Crippen molar-refractivity contribution < 1.29 is 31.9 Å². The van der Waals surface area contributed by atoms with E-state index in [2.05, 4.69) is 0 Å². The number of carbonyl (C=O) groups excluding carboxylic acids is 2. The van der Waals surface area contributed by atoms with E-state index in [1.54, 1.807) is 11.0 Å². The quantitative estimate of drug-likeness (QED) is 0.707. The van der Waals surface area contributed by atoms with Crippen molar-refractivity contribution in [2.75, 3.05) is 32.8 Å². The first-order valence-corrected chi connectivity index (χ1v) is 9.71. The average molecular weight is 416 g/mol. The van der Waals surface area contributed by atoms with Crippen LogP contribution in [-0.4, -0.2) is 66.2 Å². The molecule has 0 atom stereocenters. The molecule has 160 valence electrons. The minimum absolute atomic E-state index is 0.0575. The Hall–Kier alpha value is -2.16. The molecule has 0 N–H and O–H groups in total. The van der Waals surface area contributed by atoms with Crippen molar-refractivity contribution in [2.24, 2.45) is 0 Å². The van der Waals surface area contributed by atoms with E-state index in [0.29, 0.717) is 25.9 Å². The Morgan fingerprint density at radius 3 is 2.55 bits per heavy atom. The molecule has 2 saturated heterocycles. The first-order valence-electron chi connectivity index (χ1n) is 9.71. The van der Waals surface area contributed by atoms with E-state index in [4.69, 9.17) is 4.74 Å². The Morgan fingerprint density at radius 1 is 1.17 bits per heavy atom. The highest BCUT2D eigenvalue weighted by atomic mass is 19.4. The lowest BCUT2D eigenvalue weighted by Gasteiger charge is -2.40. The lowest BCUT2D eigenvalue weighted by molar-refractivity contribution is -0.141. The Balaban J connectivity index is 1.55. The van der Waals surface area contributed by atoms with Gasteiger partial charge < -0.3 is 14.5 Å². The molecule has 0 aromatic heterocycles. The van der Waals surface area contributed by atoms with Crippen LogP contribution in [0.3, 0.4) is 0 Å². The molecule has 0 radical (unpaired) electrons. The maximum Gasteiger partial charge on any atom is 0.389 e. The zero-order valence-electron chi connectivity index (χ0n) is 16.0. The molecule has 3 rings (SSSR count). The summed E-state index contributed by atoms with van der Waals surface area (Å²) < 4.78 is 56.3. The number of likely N-dealkylation sites (tertiary alicyclic amines) is 1. The smallest absolute Gasteiger partial charge is 0.372 e. The number of hydrogen-bond donors (Lipinski definition) is 0. The number of carbonyl (C=O) groups is 2. The van der Waals surface area contributed by atoms with Crippen molar-refractivity contribution >= 4 is 11.8 Å². The Kier molecular flexibility index (Phi) is 6.45. The highest BCUT2D eigenvalue weighted by Crippen LogP contribution is 2.33. The van der Waals surface area contributed by atoms with Crippen molar-refractivity contribution in [3.05, 3.63) is 35.6 Å². The lowest BCUT2D eigenvalue weighted by atomic mass is 9.87.